The minimum Gasteiger partial charge on any atom is -0.312 e. The number of hydrogen-bond donors (Lipinski definition) is 1. The molecule has 126 valence electrons. The summed E-state index contributed by atoms with van der Waals surface area (Å²) in [5.41, 5.74) is 0. The van der Waals surface area contributed by atoms with Crippen molar-refractivity contribution in [3.8, 4) is 0 Å². The summed E-state index contributed by atoms with van der Waals surface area (Å²) in [6.07, 6.45) is 20.1. The fourth-order valence-electron chi connectivity index (χ4n) is 3.65. The molecule has 0 saturated heterocycles. The average Bonchev–Trinajstić information content (AvgIpc) is 2.41. The highest BCUT2D eigenvalue weighted by molar-refractivity contribution is 4.72. The van der Waals surface area contributed by atoms with Gasteiger partial charge in [0.25, 0.3) is 0 Å². The van der Waals surface area contributed by atoms with Crippen molar-refractivity contribution in [2.45, 2.75) is 123 Å². The molecule has 0 aromatic heterocycles. The third-order valence-electron chi connectivity index (χ3n) is 5.04. The first-order valence-electron chi connectivity index (χ1n) is 9.94. The quantitative estimate of drug-likeness (QED) is 0.592. The van der Waals surface area contributed by atoms with Crippen molar-refractivity contribution in [1.82, 2.24) is 5.32 Å². The summed E-state index contributed by atoms with van der Waals surface area (Å²) in [6.45, 7) is 7.08. The van der Waals surface area contributed by atoms with Gasteiger partial charge in [-0.2, -0.15) is 0 Å². The third-order valence-corrected chi connectivity index (χ3v) is 5.04. The summed E-state index contributed by atoms with van der Waals surface area (Å²) in [7, 11) is 0. The second-order valence-electron chi connectivity index (χ2n) is 7.85. The van der Waals surface area contributed by atoms with Crippen LogP contribution in [-0.2, 0) is 0 Å². The lowest BCUT2D eigenvalue weighted by molar-refractivity contribution is 0.353. The Morgan fingerprint density at radius 3 is 1.67 bits per heavy atom. The predicted octanol–water partition coefficient (Wildman–Crippen LogP) is 6.46. The van der Waals surface area contributed by atoms with E-state index in [2.05, 4.69) is 26.1 Å². The van der Waals surface area contributed by atoms with Crippen molar-refractivity contribution in [3.63, 3.8) is 0 Å². The van der Waals surface area contributed by atoms with Gasteiger partial charge in [0.2, 0.25) is 0 Å². The highest BCUT2D eigenvalue weighted by atomic mass is 14.9. The second kappa shape index (κ2) is 12.5. The van der Waals surface area contributed by atoms with Crippen LogP contribution in [0.2, 0.25) is 0 Å². The monoisotopic (exact) mass is 295 g/mol. The van der Waals surface area contributed by atoms with Gasteiger partial charge in [0, 0.05) is 12.1 Å². The lowest BCUT2D eigenvalue weighted by Gasteiger charge is -2.24. The van der Waals surface area contributed by atoms with Gasteiger partial charge in [-0.25, -0.2) is 0 Å². The summed E-state index contributed by atoms with van der Waals surface area (Å²) >= 11 is 0. The molecule has 1 heteroatoms. The third kappa shape index (κ3) is 11.2. The van der Waals surface area contributed by atoms with Crippen LogP contribution in [0.3, 0.4) is 0 Å². The number of hydrogen-bond acceptors (Lipinski definition) is 1. The molecule has 0 aliphatic heterocycles. The van der Waals surface area contributed by atoms with E-state index in [1.807, 2.05) is 0 Å². The van der Waals surface area contributed by atoms with Crippen LogP contribution in [0.5, 0.6) is 0 Å². The smallest absolute Gasteiger partial charge is 0.00695 e. The molecule has 21 heavy (non-hydrogen) atoms. The molecule has 0 aromatic rings. The average molecular weight is 296 g/mol. The Morgan fingerprint density at radius 1 is 0.714 bits per heavy atom. The van der Waals surface area contributed by atoms with Gasteiger partial charge in [0.05, 0.1) is 0 Å². The molecular weight excluding hydrogens is 254 g/mol. The van der Waals surface area contributed by atoms with Crippen LogP contribution >= 0.6 is 0 Å². The van der Waals surface area contributed by atoms with Crippen molar-refractivity contribution >= 4 is 0 Å². The molecule has 1 saturated carbocycles. The van der Waals surface area contributed by atoms with Crippen LogP contribution in [-0.4, -0.2) is 12.1 Å². The molecule has 0 heterocycles. The molecule has 1 atom stereocenters. The summed E-state index contributed by atoms with van der Waals surface area (Å²) in [6, 6.07) is 1.50. The maximum atomic E-state index is 3.94. The Morgan fingerprint density at radius 2 is 1.19 bits per heavy atom. The summed E-state index contributed by atoms with van der Waals surface area (Å²) < 4.78 is 0. The van der Waals surface area contributed by atoms with Crippen molar-refractivity contribution in [2.24, 2.45) is 5.92 Å². The van der Waals surface area contributed by atoms with E-state index in [4.69, 9.17) is 0 Å². The molecule has 1 fully saturated rings. The molecule has 1 rings (SSSR count). The summed E-state index contributed by atoms with van der Waals surface area (Å²) in [4.78, 5) is 0. The minimum atomic E-state index is 0.710. The van der Waals surface area contributed by atoms with Crippen LogP contribution < -0.4 is 5.32 Å². The molecule has 1 aliphatic carbocycles. The zero-order valence-electron chi connectivity index (χ0n) is 15.1. The number of rotatable bonds is 6. The first-order valence-corrected chi connectivity index (χ1v) is 9.94. The Balaban J connectivity index is 2.23. The molecule has 0 spiro atoms. The predicted molar refractivity (Wildman–Crippen MR) is 95.9 cm³/mol. The SMILES string of the molecule is CC(C)CCCC(C)NC1CCCCCCCCCCC1. The lowest BCUT2D eigenvalue weighted by atomic mass is 9.96. The van der Waals surface area contributed by atoms with E-state index in [1.165, 1.54) is 89.9 Å². The van der Waals surface area contributed by atoms with Crippen LogP contribution in [0.1, 0.15) is 111 Å². The van der Waals surface area contributed by atoms with Crippen LogP contribution in [0.15, 0.2) is 0 Å². The van der Waals surface area contributed by atoms with Gasteiger partial charge in [-0.1, -0.05) is 84.5 Å². The van der Waals surface area contributed by atoms with Crippen LogP contribution in [0, 0.1) is 5.92 Å². The van der Waals surface area contributed by atoms with Gasteiger partial charge >= 0.3 is 0 Å². The molecule has 0 amide bonds. The van der Waals surface area contributed by atoms with Gasteiger partial charge in [0.1, 0.15) is 0 Å². The zero-order chi connectivity index (χ0) is 15.3. The van der Waals surface area contributed by atoms with Crippen molar-refractivity contribution in [3.05, 3.63) is 0 Å². The molecule has 1 unspecified atom stereocenters. The fraction of sp³-hybridized carbons (Fsp3) is 1.00. The highest BCUT2D eigenvalue weighted by Crippen LogP contribution is 2.18. The first kappa shape index (κ1) is 19.0. The van der Waals surface area contributed by atoms with E-state index >= 15 is 0 Å². The standard InChI is InChI=1S/C20H41N/c1-18(2)14-13-15-19(3)21-20-16-11-9-7-5-4-6-8-10-12-17-20/h18-21H,4-17H2,1-3H3. The Labute approximate surface area is 134 Å². The van der Waals surface area contributed by atoms with E-state index < -0.39 is 0 Å². The van der Waals surface area contributed by atoms with Gasteiger partial charge in [-0.15, -0.1) is 0 Å². The molecule has 1 nitrogen and oxygen atoms in total. The highest BCUT2D eigenvalue weighted by Gasteiger charge is 2.12. The van der Waals surface area contributed by atoms with E-state index in [0.29, 0.717) is 6.04 Å². The Kier molecular flexibility index (Phi) is 11.3. The fourth-order valence-corrected chi connectivity index (χ4v) is 3.65. The minimum absolute atomic E-state index is 0.710. The first-order chi connectivity index (χ1) is 10.2. The van der Waals surface area contributed by atoms with Crippen molar-refractivity contribution < 1.29 is 0 Å². The lowest BCUT2D eigenvalue weighted by Crippen LogP contribution is -2.36. The van der Waals surface area contributed by atoms with Gasteiger partial charge in [-0.3, -0.25) is 0 Å². The van der Waals surface area contributed by atoms with E-state index in [-0.39, 0.29) is 0 Å². The zero-order valence-corrected chi connectivity index (χ0v) is 15.1. The van der Waals surface area contributed by atoms with E-state index in [9.17, 15) is 0 Å². The summed E-state index contributed by atoms with van der Waals surface area (Å²) in [5.74, 6) is 0.860. The van der Waals surface area contributed by atoms with Crippen LogP contribution in [0.25, 0.3) is 0 Å². The molecular formula is C20H41N. The largest absolute Gasteiger partial charge is 0.312 e. The molecule has 0 radical (unpaired) electrons. The number of nitrogens with one attached hydrogen (secondary N) is 1. The van der Waals surface area contributed by atoms with Gasteiger partial charge in [-0.05, 0) is 32.1 Å². The van der Waals surface area contributed by atoms with Crippen molar-refractivity contribution in [1.29, 1.82) is 0 Å². The van der Waals surface area contributed by atoms with E-state index in [1.54, 1.807) is 0 Å². The Bertz CT molecular complexity index is 212. The van der Waals surface area contributed by atoms with Crippen LogP contribution in [0.4, 0.5) is 0 Å². The molecule has 0 bridgehead atoms. The maximum absolute atomic E-state index is 3.94. The molecule has 1 N–H and O–H groups in total. The topological polar surface area (TPSA) is 12.0 Å². The normalized spacial score (nSPS) is 21.7. The Hall–Kier alpha value is -0.0400. The van der Waals surface area contributed by atoms with Gasteiger partial charge in [0.15, 0.2) is 0 Å². The summed E-state index contributed by atoms with van der Waals surface area (Å²) in [5, 5.41) is 3.94. The second-order valence-corrected chi connectivity index (χ2v) is 7.85. The van der Waals surface area contributed by atoms with Crippen molar-refractivity contribution in [2.75, 3.05) is 0 Å². The van der Waals surface area contributed by atoms with E-state index in [0.717, 1.165) is 12.0 Å². The molecule has 0 aromatic carbocycles. The maximum Gasteiger partial charge on any atom is 0.00695 e. The van der Waals surface area contributed by atoms with Gasteiger partial charge < -0.3 is 5.32 Å². The molecule has 1 aliphatic rings.